The van der Waals surface area contributed by atoms with Crippen molar-refractivity contribution in [1.82, 2.24) is 0 Å². The fourth-order valence-corrected chi connectivity index (χ4v) is 0.576. The van der Waals surface area contributed by atoms with Gasteiger partial charge >= 0.3 is 0 Å². The van der Waals surface area contributed by atoms with Gasteiger partial charge in [0.1, 0.15) is 0 Å². The van der Waals surface area contributed by atoms with E-state index in [1.165, 1.54) is 0 Å². The van der Waals surface area contributed by atoms with E-state index in [-0.39, 0.29) is 0 Å². The summed E-state index contributed by atoms with van der Waals surface area (Å²) in [4.78, 5) is 8.04. The van der Waals surface area contributed by atoms with Crippen LogP contribution >= 0.6 is 0 Å². The molecule has 0 saturated heterocycles. The van der Waals surface area contributed by atoms with Crippen LogP contribution in [0.1, 0.15) is 27.7 Å². The summed E-state index contributed by atoms with van der Waals surface area (Å²) >= 11 is 0. The highest BCUT2D eigenvalue weighted by atomic mass is 14.7. The van der Waals surface area contributed by atoms with E-state index in [2.05, 4.69) is 9.98 Å². The Morgan fingerprint density at radius 1 is 0.833 bits per heavy atom. The van der Waals surface area contributed by atoms with Crippen molar-refractivity contribution in [3.8, 4) is 0 Å². The van der Waals surface area contributed by atoms with Crippen LogP contribution in [0.5, 0.6) is 0 Å². The van der Waals surface area contributed by atoms with Gasteiger partial charge in [0.15, 0.2) is 0 Å². The molecule has 0 radical (unpaired) electrons. The van der Waals surface area contributed by atoms with E-state index in [4.69, 9.17) is 0 Å². The molecule has 0 saturated carbocycles. The van der Waals surface area contributed by atoms with Crippen LogP contribution in [0.3, 0.4) is 0 Å². The summed E-state index contributed by atoms with van der Waals surface area (Å²) in [6, 6.07) is 0. The molecule has 2 nitrogen and oxygen atoms in total. The van der Waals surface area contributed by atoms with Crippen LogP contribution in [0, 0.1) is 0 Å². The molecule has 12 heavy (non-hydrogen) atoms. The standard InChI is InChI=1S/C10H16N2/c1-5-11-7-9(3)10(4)8-12-6-2/h5-8H,1-4H3/b9-7+,10-8+,11-5-,12-6-. The third-order valence-corrected chi connectivity index (χ3v) is 1.46. The van der Waals surface area contributed by atoms with E-state index >= 15 is 0 Å². The molecule has 0 unspecified atom stereocenters. The molecule has 0 aliphatic rings. The van der Waals surface area contributed by atoms with E-state index in [0.717, 1.165) is 11.1 Å². The summed E-state index contributed by atoms with van der Waals surface area (Å²) in [6.07, 6.45) is 7.19. The van der Waals surface area contributed by atoms with Crippen molar-refractivity contribution in [1.29, 1.82) is 0 Å². The lowest BCUT2D eigenvalue weighted by Gasteiger charge is -1.95. The zero-order valence-corrected chi connectivity index (χ0v) is 8.20. The van der Waals surface area contributed by atoms with E-state index in [0.29, 0.717) is 0 Å². The van der Waals surface area contributed by atoms with Gasteiger partial charge in [-0.15, -0.1) is 0 Å². The van der Waals surface area contributed by atoms with Crippen LogP contribution in [0.25, 0.3) is 0 Å². The molecular weight excluding hydrogens is 148 g/mol. The maximum absolute atomic E-state index is 4.02. The third-order valence-electron chi connectivity index (χ3n) is 1.46. The monoisotopic (exact) mass is 164 g/mol. The third kappa shape index (κ3) is 4.61. The predicted octanol–water partition coefficient (Wildman–Crippen LogP) is 2.98. The van der Waals surface area contributed by atoms with Gasteiger partial charge < -0.3 is 0 Å². The molecule has 0 aromatic carbocycles. The van der Waals surface area contributed by atoms with E-state index < -0.39 is 0 Å². The molecule has 0 amide bonds. The molecule has 0 spiro atoms. The van der Waals surface area contributed by atoms with Gasteiger partial charge in [-0.1, -0.05) is 0 Å². The first-order valence-corrected chi connectivity index (χ1v) is 4.01. The predicted molar refractivity (Wildman–Crippen MR) is 55.8 cm³/mol. The zero-order chi connectivity index (χ0) is 9.40. The molecule has 0 heterocycles. The molecule has 0 fully saturated rings. The summed E-state index contributed by atoms with van der Waals surface area (Å²) < 4.78 is 0. The number of aliphatic imine (C=N–C) groups is 2. The Morgan fingerprint density at radius 2 is 1.17 bits per heavy atom. The van der Waals surface area contributed by atoms with E-state index in [9.17, 15) is 0 Å². The maximum atomic E-state index is 4.02. The minimum absolute atomic E-state index is 1.14. The number of nitrogens with zero attached hydrogens (tertiary/aromatic N) is 2. The smallest absolute Gasteiger partial charge is 0.0296 e. The topological polar surface area (TPSA) is 24.7 Å². The van der Waals surface area contributed by atoms with Crippen LogP contribution in [0.15, 0.2) is 33.5 Å². The highest BCUT2D eigenvalue weighted by molar-refractivity contribution is 5.55. The molecule has 0 aromatic rings. The van der Waals surface area contributed by atoms with Crippen molar-refractivity contribution >= 4 is 12.4 Å². The van der Waals surface area contributed by atoms with Gasteiger partial charge in [-0.3, -0.25) is 9.98 Å². The average molecular weight is 164 g/mol. The van der Waals surface area contributed by atoms with Crippen molar-refractivity contribution in [3.05, 3.63) is 23.5 Å². The van der Waals surface area contributed by atoms with Crippen LogP contribution in [-0.4, -0.2) is 12.4 Å². The van der Waals surface area contributed by atoms with Crippen molar-refractivity contribution in [3.63, 3.8) is 0 Å². The SMILES string of the molecule is C\C=N/C=C(C)/C(C)=C/N=C\C. The van der Waals surface area contributed by atoms with Crippen molar-refractivity contribution in [2.45, 2.75) is 27.7 Å². The molecule has 66 valence electrons. The van der Waals surface area contributed by atoms with Gasteiger partial charge in [0, 0.05) is 24.8 Å². The van der Waals surface area contributed by atoms with Crippen molar-refractivity contribution in [2.75, 3.05) is 0 Å². The minimum Gasteiger partial charge on any atom is -0.269 e. The highest BCUT2D eigenvalue weighted by Crippen LogP contribution is 2.07. The van der Waals surface area contributed by atoms with Gasteiger partial charge in [0.2, 0.25) is 0 Å². The normalized spacial score (nSPS) is 15.0. The molecule has 0 bridgehead atoms. The fourth-order valence-electron chi connectivity index (χ4n) is 0.576. The highest BCUT2D eigenvalue weighted by Gasteiger charge is 1.89. The summed E-state index contributed by atoms with van der Waals surface area (Å²) in [5.74, 6) is 0. The Bertz CT molecular complexity index is 206. The second-order valence-electron chi connectivity index (χ2n) is 2.44. The molecule has 2 heteroatoms. The molecule has 0 aliphatic carbocycles. The first-order valence-electron chi connectivity index (χ1n) is 4.01. The first-order chi connectivity index (χ1) is 5.72. The number of hydrogen-bond donors (Lipinski definition) is 0. The second-order valence-corrected chi connectivity index (χ2v) is 2.44. The Morgan fingerprint density at radius 3 is 1.42 bits per heavy atom. The Balaban J connectivity index is 4.36. The molecule has 0 N–H and O–H groups in total. The fraction of sp³-hybridized carbons (Fsp3) is 0.400. The number of rotatable bonds is 3. The first kappa shape index (κ1) is 10.8. The summed E-state index contributed by atoms with van der Waals surface area (Å²) in [7, 11) is 0. The van der Waals surface area contributed by atoms with Gasteiger partial charge in [-0.2, -0.15) is 0 Å². The van der Waals surface area contributed by atoms with Crippen LogP contribution in [0.4, 0.5) is 0 Å². The van der Waals surface area contributed by atoms with Gasteiger partial charge in [0.05, 0.1) is 0 Å². The van der Waals surface area contributed by atoms with Gasteiger partial charge in [0.25, 0.3) is 0 Å². The van der Waals surface area contributed by atoms with E-state index in [1.807, 2.05) is 40.1 Å². The molecular formula is C10H16N2. The summed E-state index contributed by atoms with van der Waals surface area (Å²) in [5, 5.41) is 0. The van der Waals surface area contributed by atoms with Gasteiger partial charge in [-0.25, -0.2) is 0 Å². The maximum Gasteiger partial charge on any atom is 0.0296 e. The summed E-state index contributed by atoms with van der Waals surface area (Å²) in [6.45, 7) is 7.83. The molecule has 0 aromatic heterocycles. The van der Waals surface area contributed by atoms with Crippen LogP contribution in [0.2, 0.25) is 0 Å². The molecule has 0 atom stereocenters. The lowest BCUT2D eigenvalue weighted by Crippen LogP contribution is -1.77. The number of hydrogen-bond acceptors (Lipinski definition) is 2. The van der Waals surface area contributed by atoms with Gasteiger partial charge in [-0.05, 0) is 38.8 Å². The van der Waals surface area contributed by atoms with Crippen molar-refractivity contribution in [2.24, 2.45) is 9.98 Å². The second kappa shape index (κ2) is 6.53. The Kier molecular flexibility index (Phi) is 5.88. The molecule has 0 rings (SSSR count). The summed E-state index contributed by atoms with van der Waals surface area (Å²) in [5.41, 5.74) is 2.28. The minimum atomic E-state index is 1.14. The molecule has 0 aliphatic heterocycles. The Labute approximate surface area is 74.4 Å². The Hall–Kier alpha value is -1.18. The van der Waals surface area contributed by atoms with Crippen LogP contribution < -0.4 is 0 Å². The number of allylic oxidation sites excluding steroid dienone is 2. The zero-order valence-electron chi connectivity index (χ0n) is 8.20. The lowest BCUT2D eigenvalue weighted by molar-refractivity contribution is 1.28. The van der Waals surface area contributed by atoms with E-state index in [1.54, 1.807) is 12.4 Å². The largest absolute Gasteiger partial charge is 0.269 e. The lowest BCUT2D eigenvalue weighted by atomic mass is 10.2. The van der Waals surface area contributed by atoms with Crippen molar-refractivity contribution < 1.29 is 0 Å². The van der Waals surface area contributed by atoms with Crippen LogP contribution in [-0.2, 0) is 0 Å². The average Bonchev–Trinajstić information content (AvgIpc) is 2.10. The quantitative estimate of drug-likeness (QED) is 0.452.